The molecular weight excluding hydrogens is 578 g/mol. The maximum Gasteiger partial charge on any atom is 0.292 e. The van der Waals surface area contributed by atoms with E-state index in [-0.39, 0.29) is 36.5 Å². The lowest BCUT2D eigenvalue weighted by molar-refractivity contribution is -0.386. The van der Waals surface area contributed by atoms with Crippen molar-refractivity contribution in [3.8, 4) is 11.6 Å². The van der Waals surface area contributed by atoms with E-state index in [1.54, 1.807) is 17.0 Å². The van der Waals surface area contributed by atoms with Gasteiger partial charge in [-0.1, -0.05) is 50.3 Å². The number of hydrogen-bond acceptors (Lipinski definition) is 9. The van der Waals surface area contributed by atoms with Crippen LogP contribution in [0.5, 0.6) is 11.6 Å². The van der Waals surface area contributed by atoms with Crippen molar-refractivity contribution in [2.45, 2.75) is 89.9 Å². The van der Waals surface area contributed by atoms with Crippen LogP contribution in [0.1, 0.15) is 71.3 Å². The number of carbonyl (C=O) groups is 2. The lowest BCUT2D eigenvalue weighted by atomic mass is 9.85. The van der Waals surface area contributed by atoms with Crippen LogP contribution in [-0.2, 0) is 25.6 Å². The molecule has 2 N–H and O–H groups in total. The molecule has 2 atom stereocenters. The Morgan fingerprint density at radius 3 is 2.49 bits per heavy atom. The second kappa shape index (κ2) is 16.6. The highest BCUT2D eigenvalue weighted by Gasteiger charge is 2.32. The summed E-state index contributed by atoms with van der Waals surface area (Å²) in [5.74, 6) is 0.729. The summed E-state index contributed by atoms with van der Waals surface area (Å²) in [5, 5.41) is 18.1. The maximum absolute atomic E-state index is 13.9. The molecule has 2 unspecified atom stereocenters. The largest absolute Gasteiger partial charge is 0.439 e. The van der Waals surface area contributed by atoms with Crippen LogP contribution in [0.2, 0.25) is 0 Å². The summed E-state index contributed by atoms with van der Waals surface area (Å²) in [5.41, 5.74) is -0.339. The van der Waals surface area contributed by atoms with Gasteiger partial charge in [-0.3, -0.25) is 19.7 Å². The van der Waals surface area contributed by atoms with Gasteiger partial charge in [-0.25, -0.2) is 4.98 Å². The molecule has 1 saturated heterocycles. The van der Waals surface area contributed by atoms with Gasteiger partial charge in [0.2, 0.25) is 17.7 Å². The molecule has 1 saturated carbocycles. The summed E-state index contributed by atoms with van der Waals surface area (Å²) < 4.78 is 17.2. The minimum Gasteiger partial charge on any atom is -0.439 e. The quantitative estimate of drug-likeness (QED) is 0.224. The van der Waals surface area contributed by atoms with Crippen molar-refractivity contribution in [2.24, 2.45) is 5.92 Å². The Labute approximate surface area is 265 Å². The molecule has 2 amide bonds. The van der Waals surface area contributed by atoms with Crippen molar-refractivity contribution in [2.75, 3.05) is 32.9 Å². The van der Waals surface area contributed by atoms with Crippen molar-refractivity contribution in [1.29, 1.82) is 0 Å². The van der Waals surface area contributed by atoms with Gasteiger partial charge in [0, 0.05) is 25.7 Å². The molecule has 12 heteroatoms. The summed E-state index contributed by atoms with van der Waals surface area (Å²) in [7, 11) is 0. The Morgan fingerprint density at radius 2 is 1.82 bits per heavy atom. The van der Waals surface area contributed by atoms with E-state index in [1.165, 1.54) is 31.5 Å². The molecule has 2 fully saturated rings. The Morgan fingerprint density at radius 1 is 1.11 bits per heavy atom. The molecule has 2 aromatic rings. The van der Waals surface area contributed by atoms with Gasteiger partial charge in [0.15, 0.2) is 0 Å². The molecule has 1 aromatic heterocycles. The number of aromatic nitrogens is 1. The van der Waals surface area contributed by atoms with E-state index in [4.69, 9.17) is 14.2 Å². The molecular formula is C33H47N5O7. The number of rotatable bonds is 14. The van der Waals surface area contributed by atoms with Crippen LogP contribution in [-0.4, -0.2) is 77.2 Å². The Bertz CT molecular complexity index is 1260. The standard InChI is InChI=1S/C33H47N5O7/c1-33(2,3)44-23-28(32(40)37-16-18-43-19-17-37)36-31(39)27(15-14-24-10-6-4-7-11-24)34-21-25-20-30(35-22-29(25)38(41)42)45-26-12-8-5-9-13-26/h5,8-9,12-13,20,22,24,27-28,34H,4,6-7,10-11,14-19,21,23H2,1-3H3,(H,36,39). The Kier molecular flexibility index (Phi) is 12.7. The van der Waals surface area contributed by atoms with Gasteiger partial charge in [0.25, 0.3) is 5.69 Å². The molecule has 0 bridgehead atoms. The third-order valence-electron chi connectivity index (χ3n) is 8.17. The highest BCUT2D eigenvalue weighted by Crippen LogP contribution is 2.29. The van der Waals surface area contributed by atoms with Gasteiger partial charge >= 0.3 is 0 Å². The lowest BCUT2D eigenvalue weighted by Gasteiger charge is -2.33. The van der Waals surface area contributed by atoms with Crippen molar-refractivity contribution >= 4 is 17.5 Å². The molecule has 246 valence electrons. The predicted octanol–water partition coefficient (Wildman–Crippen LogP) is 4.76. The molecule has 0 radical (unpaired) electrons. The van der Waals surface area contributed by atoms with E-state index in [2.05, 4.69) is 15.6 Å². The molecule has 0 spiro atoms. The van der Waals surface area contributed by atoms with Crippen molar-refractivity contribution < 1.29 is 28.7 Å². The number of amides is 2. The van der Waals surface area contributed by atoms with E-state index in [9.17, 15) is 19.7 Å². The first kappa shape index (κ1) is 34.3. The number of nitro groups is 1. The Hall–Kier alpha value is -3.61. The molecule has 45 heavy (non-hydrogen) atoms. The van der Waals surface area contributed by atoms with Gasteiger partial charge in [0.05, 0.1) is 42.0 Å². The second-order valence-corrected chi connectivity index (χ2v) is 12.8. The normalized spacial score (nSPS) is 17.4. The van der Waals surface area contributed by atoms with Crippen LogP contribution in [0.15, 0.2) is 42.6 Å². The van der Waals surface area contributed by atoms with Crippen LogP contribution in [0.25, 0.3) is 0 Å². The van der Waals surface area contributed by atoms with Gasteiger partial charge in [-0.2, -0.15) is 0 Å². The van der Waals surface area contributed by atoms with E-state index < -0.39 is 22.6 Å². The number of benzene rings is 1. The molecule has 1 aliphatic carbocycles. The smallest absolute Gasteiger partial charge is 0.292 e. The van der Waals surface area contributed by atoms with Crippen LogP contribution in [0.4, 0.5) is 5.69 Å². The molecule has 12 nitrogen and oxygen atoms in total. The number of ether oxygens (including phenoxy) is 3. The van der Waals surface area contributed by atoms with Crippen LogP contribution < -0.4 is 15.4 Å². The minimum absolute atomic E-state index is 0.0246. The first-order valence-corrected chi connectivity index (χ1v) is 16.0. The maximum atomic E-state index is 13.9. The Balaban J connectivity index is 1.52. The molecule has 4 rings (SSSR count). The first-order chi connectivity index (χ1) is 21.6. The van der Waals surface area contributed by atoms with Gasteiger partial charge in [-0.15, -0.1) is 0 Å². The van der Waals surface area contributed by atoms with Gasteiger partial charge in [0.1, 0.15) is 18.0 Å². The fourth-order valence-corrected chi connectivity index (χ4v) is 5.66. The number of morpholine rings is 1. The van der Waals surface area contributed by atoms with Crippen LogP contribution in [0, 0.1) is 16.0 Å². The number of hydrogen-bond donors (Lipinski definition) is 2. The van der Waals surface area contributed by atoms with Crippen molar-refractivity contribution in [1.82, 2.24) is 20.5 Å². The summed E-state index contributed by atoms with van der Waals surface area (Å²) in [4.78, 5) is 44.6. The zero-order valence-corrected chi connectivity index (χ0v) is 26.7. The average molecular weight is 626 g/mol. The van der Waals surface area contributed by atoms with E-state index in [1.807, 2.05) is 39.0 Å². The molecule has 1 aliphatic heterocycles. The number of nitrogens with zero attached hydrogens (tertiary/aromatic N) is 3. The zero-order chi connectivity index (χ0) is 32.2. The monoisotopic (exact) mass is 625 g/mol. The molecule has 1 aromatic carbocycles. The SMILES string of the molecule is CC(C)(C)OCC(NC(=O)C(CCC1CCCCC1)NCc1cc(Oc2ccccc2)ncc1[N+](=O)[O-])C(=O)N1CCOCC1. The summed E-state index contributed by atoms with van der Waals surface area (Å²) in [6, 6.07) is 9.00. The van der Waals surface area contributed by atoms with Gasteiger partial charge in [-0.05, 0) is 51.7 Å². The fourth-order valence-electron chi connectivity index (χ4n) is 5.66. The summed E-state index contributed by atoms with van der Waals surface area (Å²) in [6.45, 7) is 7.54. The topological polar surface area (TPSA) is 145 Å². The van der Waals surface area contributed by atoms with E-state index in [0.29, 0.717) is 50.0 Å². The number of para-hydroxylation sites is 1. The second-order valence-electron chi connectivity index (χ2n) is 12.8. The highest BCUT2D eigenvalue weighted by atomic mass is 16.6. The lowest BCUT2D eigenvalue weighted by Crippen LogP contribution is -2.57. The van der Waals surface area contributed by atoms with E-state index in [0.717, 1.165) is 19.3 Å². The minimum atomic E-state index is -0.880. The number of pyridine rings is 1. The summed E-state index contributed by atoms with van der Waals surface area (Å²) in [6.07, 6.45) is 8.40. The van der Waals surface area contributed by atoms with Crippen molar-refractivity contribution in [3.63, 3.8) is 0 Å². The number of nitrogens with one attached hydrogen (secondary N) is 2. The molecule has 2 heterocycles. The highest BCUT2D eigenvalue weighted by molar-refractivity contribution is 5.90. The summed E-state index contributed by atoms with van der Waals surface area (Å²) >= 11 is 0. The van der Waals surface area contributed by atoms with Crippen LogP contribution in [0.3, 0.4) is 0 Å². The third-order valence-corrected chi connectivity index (χ3v) is 8.17. The zero-order valence-electron chi connectivity index (χ0n) is 26.7. The fraction of sp³-hybridized carbons (Fsp3) is 0.606. The van der Waals surface area contributed by atoms with E-state index >= 15 is 0 Å². The van der Waals surface area contributed by atoms with Crippen LogP contribution >= 0.6 is 0 Å². The van der Waals surface area contributed by atoms with Crippen molar-refractivity contribution in [3.05, 3.63) is 58.3 Å². The third kappa shape index (κ3) is 11.1. The van der Waals surface area contributed by atoms with Gasteiger partial charge < -0.3 is 29.7 Å². The average Bonchev–Trinajstić information content (AvgIpc) is 3.03. The predicted molar refractivity (Wildman–Crippen MR) is 169 cm³/mol. The first-order valence-electron chi connectivity index (χ1n) is 16.0. The number of carbonyl (C=O) groups excluding carboxylic acids is 2. The molecule has 2 aliphatic rings.